The Morgan fingerprint density at radius 1 is 0.815 bits per heavy atom. The molecule has 1 amide bonds. The zero-order chi connectivity index (χ0) is 18.7. The molecule has 0 saturated carbocycles. The minimum atomic E-state index is -0.683. The monoisotopic (exact) mass is 359 g/mol. The van der Waals surface area contributed by atoms with Crippen molar-refractivity contribution in [1.82, 2.24) is 5.32 Å². The van der Waals surface area contributed by atoms with Gasteiger partial charge in [0.1, 0.15) is 13.2 Å². The summed E-state index contributed by atoms with van der Waals surface area (Å²) < 4.78 is 11.3. The van der Waals surface area contributed by atoms with E-state index in [0.29, 0.717) is 30.3 Å². The fraction of sp³-hybridized carbons (Fsp3) is 0.174. The molecule has 0 aliphatic carbocycles. The van der Waals surface area contributed by atoms with Gasteiger partial charge >= 0.3 is 0 Å². The minimum absolute atomic E-state index is 0.201. The Bertz CT molecular complexity index is 899. The topological polar surface area (TPSA) is 47.6 Å². The highest BCUT2D eigenvalue weighted by Gasteiger charge is 2.32. The van der Waals surface area contributed by atoms with Gasteiger partial charge in [0.05, 0.1) is 11.1 Å². The van der Waals surface area contributed by atoms with E-state index in [1.165, 1.54) is 0 Å². The Labute approximate surface area is 158 Å². The van der Waals surface area contributed by atoms with Gasteiger partial charge in [-0.1, -0.05) is 66.7 Å². The Hall–Kier alpha value is -3.27. The minimum Gasteiger partial charge on any atom is -0.486 e. The van der Waals surface area contributed by atoms with Crippen molar-refractivity contribution in [3.05, 3.63) is 95.6 Å². The van der Waals surface area contributed by atoms with Crippen LogP contribution in [0.4, 0.5) is 0 Å². The van der Waals surface area contributed by atoms with Gasteiger partial charge in [-0.05, 0) is 30.2 Å². The first-order valence-corrected chi connectivity index (χ1v) is 9.01. The molecule has 0 unspecified atom stereocenters. The molecule has 27 heavy (non-hydrogen) atoms. The highest BCUT2D eigenvalue weighted by atomic mass is 16.6. The van der Waals surface area contributed by atoms with Crippen molar-refractivity contribution < 1.29 is 14.3 Å². The molecule has 136 valence electrons. The summed E-state index contributed by atoms with van der Waals surface area (Å²) in [6, 6.07) is 25.3. The predicted molar refractivity (Wildman–Crippen MR) is 104 cm³/mol. The first kappa shape index (κ1) is 17.2. The van der Waals surface area contributed by atoms with Crippen molar-refractivity contribution in [3.63, 3.8) is 0 Å². The summed E-state index contributed by atoms with van der Waals surface area (Å²) in [7, 11) is 0. The third-order valence-corrected chi connectivity index (χ3v) is 4.88. The second kappa shape index (κ2) is 7.16. The Morgan fingerprint density at radius 3 is 2.04 bits per heavy atom. The second-order valence-corrected chi connectivity index (χ2v) is 6.64. The number of amides is 1. The lowest BCUT2D eigenvalue weighted by atomic mass is 9.84. The number of hydrogen-bond donors (Lipinski definition) is 1. The maximum absolute atomic E-state index is 13.2. The van der Waals surface area contributed by atoms with Crippen LogP contribution in [0.2, 0.25) is 0 Å². The number of para-hydroxylation sites is 1. The molecule has 1 heterocycles. The molecular formula is C23H21NO3. The SMILES string of the molecule is CC(NC(=O)c1cccc2c1OCCO2)(c1ccccc1)c1ccccc1. The van der Waals surface area contributed by atoms with Crippen molar-refractivity contribution in [3.8, 4) is 11.5 Å². The van der Waals surface area contributed by atoms with Gasteiger partial charge in [-0.2, -0.15) is 0 Å². The van der Waals surface area contributed by atoms with Gasteiger partial charge in [0.15, 0.2) is 11.5 Å². The smallest absolute Gasteiger partial charge is 0.256 e. The molecule has 3 aromatic carbocycles. The first-order valence-electron chi connectivity index (χ1n) is 9.01. The number of hydrogen-bond acceptors (Lipinski definition) is 3. The van der Waals surface area contributed by atoms with E-state index in [9.17, 15) is 4.79 Å². The summed E-state index contributed by atoms with van der Waals surface area (Å²) in [5.74, 6) is 0.910. The molecule has 3 aromatic rings. The molecule has 0 radical (unpaired) electrons. The average molecular weight is 359 g/mol. The van der Waals surface area contributed by atoms with Crippen molar-refractivity contribution in [2.24, 2.45) is 0 Å². The molecule has 0 aromatic heterocycles. The molecule has 4 nitrogen and oxygen atoms in total. The van der Waals surface area contributed by atoms with Gasteiger partial charge in [-0.15, -0.1) is 0 Å². The number of carbonyl (C=O) groups is 1. The summed E-state index contributed by atoms with van der Waals surface area (Å²) >= 11 is 0. The lowest BCUT2D eigenvalue weighted by Gasteiger charge is -2.33. The number of rotatable bonds is 4. The van der Waals surface area contributed by atoms with E-state index in [0.717, 1.165) is 11.1 Å². The molecule has 4 heteroatoms. The number of ether oxygens (including phenoxy) is 2. The second-order valence-electron chi connectivity index (χ2n) is 6.64. The molecule has 0 fully saturated rings. The third-order valence-electron chi connectivity index (χ3n) is 4.88. The Kier molecular flexibility index (Phi) is 4.55. The van der Waals surface area contributed by atoms with Gasteiger partial charge in [-0.25, -0.2) is 0 Å². The van der Waals surface area contributed by atoms with E-state index >= 15 is 0 Å². The Balaban J connectivity index is 1.74. The largest absolute Gasteiger partial charge is 0.486 e. The quantitative estimate of drug-likeness (QED) is 0.761. The van der Waals surface area contributed by atoms with E-state index in [-0.39, 0.29) is 5.91 Å². The normalized spacial score (nSPS) is 13.1. The molecule has 4 rings (SSSR count). The van der Waals surface area contributed by atoms with Gasteiger partial charge in [-0.3, -0.25) is 4.79 Å². The van der Waals surface area contributed by atoms with Gasteiger partial charge < -0.3 is 14.8 Å². The maximum Gasteiger partial charge on any atom is 0.256 e. The zero-order valence-corrected chi connectivity index (χ0v) is 15.1. The summed E-state index contributed by atoms with van der Waals surface area (Å²) in [5, 5.41) is 3.22. The third kappa shape index (κ3) is 3.26. The van der Waals surface area contributed by atoms with Crippen LogP contribution in [0.1, 0.15) is 28.4 Å². The van der Waals surface area contributed by atoms with Crippen LogP contribution in [-0.4, -0.2) is 19.1 Å². The predicted octanol–water partition coefficient (Wildman–Crippen LogP) is 4.15. The van der Waals surface area contributed by atoms with Crippen LogP contribution in [0.5, 0.6) is 11.5 Å². The van der Waals surface area contributed by atoms with Crippen LogP contribution >= 0.6 is 0 Å². The van der Waals surface area contributed by atoms with E-state index in [1.54, 1.807) is 6.07 Å². The summed E-state index contributed by atoms with van der Waals surface area (Å²) in [4.78, 5) is 13.2. The van der Waals surface area contributed by atoms with Crippen LogP contribution in [0.15, 0.2) is 78.9 Å². The van der Waals surface area contributed by atoms with E-state index in [2.05, 4.69) is 5.32 Å². The van der Waals surface area contributed by atoms with Crippen molar-refractivity contribution >= 4 is 5.91 Å². The maximum atomic E-state index is 13.2. The molecule has 0 atom stereocenters. The average Bonchev–Trinajstić information content (AvgIpc) is 2.74. The van der Waals surface area contributed by atoms with Crippen LogP contribution in [0.25, 0.3) is 0 Å². The van der Waals surface area contributed by atoms with Crippen molar-refractivity contribution in [1.29, 1.82) is 0 Å². The van der Waals surface area contributed by atoms with Crippen molar-refractivity contribution in [2.75, 3.05) is 13.2 Å². The van der Waals surface area contributed by atoms with Crippen LogP contribution in [0, 0.1) is 0 Å². The van der Waals surface area contributed by atoms with Crippen LogP contribution < -0.4 is 14.8 Å². The molecule has 1 aliphatic heterocycles. The summed E-state index contributed by atoms with van der Waals surface area (Å²) in [5.41, 5.74) is 1.81. The van der Waals surface area contributed by atoms with E-state index in [1.807, 2.05) is 79.7 Å². The van der Waals surface area contributed by atoms with Crippen LogP contribution in [-0.2, 0) is 5.54 Å². The lowest BCUT2D eigenvalue weighted by molar-refractivity contribution is 0.0908. The highest BCUT2D eigenvalue weighted by molar-refractivity contribution is 5.98. The summed E-state index contributed by atoms with van der Waals surface area (Å²) in [6.45, 7) is 2.94. The fourth-order valence-corrected chi connectivity index (χ4v) is 3.40. The number of carbonyl (C=O) groups excluding carboxylic acids is 1. The standard InChI is InChI=1S/C23H21NO3/c1-23(17-9-4-2-5-10-17,18-11-6-3-7-12-18)24-22(25)19-13-8-14-20-21(19)27-16-15-26-20/h2-14H,15-16H2,1H3,(H,24,25). The number of nitrogens with one attached hydrogen (secondary N) is 1. The number of fused-ring (bicyclic) bond motifs is 1. The summed E-state index contributed by atoms with van der Waals surface area (Å²) in [6.07, 6.45) is 0. The lowest BCUT2D eigenvalue weighted by Crippen LogP contribution is -2.44. The molecule has 0 spiro atoms. The fourth-order valence-electron chi connectivity index (χ4n) is 3.40. The Morgan fingerprint density at radius 2 is 1.41 bits per heavy atom. The molecular weight excluding hydrogens is 338 g/mol. The number of benzene rings is 3. The van der Waals surface area contributed by atoms with E-state index in [4.69, 9.17) is 9.47 Å². The van der Waals surface area contributed by atoms with Gasteiger partial charge in [0.2, 0.25) is 0 Å². The zero-order valence-electron chi connectivity index (χ0n) is 15.1. The molecule has 1 aliphatic rings. The molecule has 1 N–H and O–H groups in total. The van der Waals surface area contributed by atoms with Gasteiger partial charge in [0.25, 0.3) is 5.91 Å². The van der Waals surface area contributed by atoms with E-state index < -0.39 is 5.54 Å². The van der Waals surface area contributed by atoms with Gasteiger partial charge in [0, 0.05) is 0 Å². The first-order chi connectivity index (χ1) is 13.2. The highest BCUT2D eigenvalue weighted by Crippen LogP contribution is 2.35. The molecule has 0 bridgehead atoms. The molecule has 0 saturated heterocycles. The van der Waals surface area contributed by atoms with Crippen molar-refractivity contribution in [2.45, 2.75) is 12.5 Å². The van der Waals surface area contributed by atoms with Crippen LogP contribution in [0.3, 0.4) is 0 Å².